The van der Waals surface area contributed by atoms with Gasteiger partial charge in [-0.25, -0.2) is 9.59 Å². The third kappa shape index (κ3) is 10.9. The number of rotatable bonds is 13. The smallest absolute Gasteiger partial charge is 0.411 e. The van der Waals surface area contributed by atoms with Crippen molar-refractivity contribution < 1.29 is 43.0 Å². The number of carbonyl (C=O) groups is 5. The van der Waals surface area contributed by atoms with Crippen molar-refractivity contribution in [1.82, 2.24) is 10.4 Å². The molecule has 1 heterocycles. The monoisotopic (exact) mass is 545 g/mol. The summed E-state index contributed by atoms with van der Waals surface area (Å²) in [5.74, 6) is -2.06. The van der Waals surface area contributed by atoms with Gasteiger partial charge in [-0.05, 0) is 56.4 Å². The fourth-order valence-electron chi connectivity index (χ4n) is 3.87. The Balaban J connectivity index is 1.21. The van der Waals surface area contributed by atoms with Crippen LogP contribution in [0.15, 0.2) is 36.4 Å². The summed E-state index contributed by atoms with van der Waals surface area (Å²) in [5.41, 5.74) is 0.977. The molecule has 1 aromatic rings. The highest BCUT2D eigenvalue weighted by Gasteiger charge is 2.32. The molecule has 1 saturated heterocycles. The Bertz CT molecular complexity index is 1010. The molecule has 1 atom stereocenters. The molecule has 39 heavy (non-hydrogen) atoms. The molecule has 0 bridgehead atoms. The molecular formula is C27H35N3O9. The van der Waals surface area contributed by atoms with Gasteiger partial charge in [-0.15, -0.1) is 5.06 Å². The maximum Gasteiger partial charge on any atom is 0.411 e. The summed E-state index contributed by atoms with van der Waals surface area (Å²) in [7, 11) is 0. The largest absolute Gasteiger partial charge is 0.446 e. The molecule has 12 nitrogen and oxygen atoms in total. The number of imide groups is 1. The van der Waals surface area contributed by atoms with E-state index in [-0.39, 0.29) is 64.2 Å². The van der Waals surface area contributed by atoms with Crippen LogP contribution in [0.5, 0.6) is 0 Å². The first-order valence-corrected chi connectivity index (χ1v) is 13.2. The summed E-state index contributed by atoms with van der Waals surface area (Å²) in [4.78, 5) is 63.7. The lowest BCUT2D eigenvalue weighted by Crippen LogP contribution is -2.32. The van der Waals surface area contributed by atoms with Crippen LogP contribution in [0.2, 0.25) is 0 Å². The Hall–Kier alpha value is -3.77. The van der Waals surface area contributed by atoms with E-state index in [0.29, 0.717) is 16.3 Å². The molecule has 1 unspecified atom stereocenters. The van der Waals surface area contributed by atoms with Crippen molar-refractivity contribution in [2.75, 3.05) is 38.3 Å². The van der Waals surface area contributed by atoms with E-state index >= 15 is 0 Å². The second-order valence-electron chi connectivity index (χ2n) is 8.99. The van der Waals surface area contributed by atoms with Gasteiger partial charge in [0.15, 0.2) is 0 Å². The molecule has 0 saturated carbocycles. The fraction of sp³-hybridized carbons (Fsp3) is 0.519. The number of ether oxygens (including phenoxy) is 3. The Kier molecular flexibility index (Phi) is 12.4. The molecular weight excluding hydrogens is 510 g/mol. The summed E-state index contributed by atoms with van der Waals surface area (Å²) in [6, 6.07) is 6.50. The summed E-state index contributed by atoms with van der Waals surface area (Å²) < 4.78 is 16.2. The van der Waals surface area contributed by atoms with Gasteiger partial charge in [0, 0.05) is 30.6 Å². The number of benzene rings is 1. The van der Waals surface area contributed by atoms with Crippen LogP contribution in [-0.2, 0) is 33.4 Å². The van der Waals surface area contributed by atoms with E-state index in [0.717, 1.165) is 32.1 Å². The summed E-state index contributed by atoms with van der Waals surface area (Å²) in [5, 5.41) is 5.94. The van der Waals surface area contributed by atoms with Crippen LogP contribution in [0.3, 0.4) is 0 Å². The van der Waals surface area contributed by atoms with Gasteiger partial charge >= 0.3 is 12.1 Å². The zero-order chi connectivity index (χ0) is 27.9. The van der Waals surface area contributed by atoms with Crippen LogP contribution < -0.4 is 10.6 Å². The number of carbonyl (C=O) groups excluding carboxylic acids is 5. The quantitative estimate of drug-likeness (QED) is 0.217. The van der Waals surface area contributed by atoms with E-state index in [1.54, 1.807) is 24.3 Å². The van der Waals surface area contributed by atoms with Gasteiger partial charge in [-0.2, -0.15) is 0 Å². The number of hydroxylamine groups is 2. The first-order valence-electron chi connectivity index (χ1n) is 13.2. The highest BCUT2D eigenvalue weighted by atomic mass is 16.7. The lowest BCUT2D eigenvalue weighted by molar-refractivity contribution is -0.198. The van der Waals surface area contributed by atoms with Gasteiger partial charge in [0.05, 0.1) is 32.8 Å². The number of nitrogens with zero attached hydrogens (tertiary/aromatic N) is 1. The van der Waals surface area contributed by atoms with E-state index in [1.165, 1.54) is 0 Å². The SMILES string of the molecule is O=C(CCOCCOCCNC(=O)c1ccc(NC(=O)OC2CC/C=C\CCC2)cc1)ON1C(=O)CCC1=O. The fourth-order valence-corrected chi connectivity index (χ4v) is 3.87. The van der Waals surface area contributed by atoms with Gasteiger partial charge in [-0.3, -0.25) is 19.7 Å². The third-order valence-electron chi connectivity index (χ3n) is 5.94. The number of hydrogen-bond acceptors (Lipinski definition) is 9. The summed E-state index contributed by atoms with van der Waals surface area (Å²) in [6.07, 6.45) is 8.20. The number of nitrogens with one attached hydrogen (secondary N) is 2. The minimum Gasteiger partial charge on any atom is -0.446 e. The maximum atomic E-state index is 12.3. The second kappa shape index (κ2) is 16.2. The molecule has 3 rings (SSSR count). The van der Waals surface area contributed by atoms with Crippen LogP contribution >= 0.6 is 0 Å². The average Bonchev–Trinajstić information content (AvgIpc) is 3.21. The topological polar surface area (TPSA) is 150 Å². The van der Waals surface area contributed by atoms with E-state index in [4.69, 9.17) is 19.0 Å². The standard InChI is InChI=1S/C27H35N3O9/c31-23-12-13-24(32)30(23)39-25(33)14-16-36-18-19-37-17-15-28-26(34)20-8-10-21(11-9-20)29-27(35)38-22-6-4-2-1-3-5-7-22/h1-2,8-11,22H,3-7,12-19H2,(H,28,34)(H,29,35)/b2-1-. The van der Waals surface area contributed by atoms with E-state index in [1.807, 2.05) is 0 Å². The molecule has 2 aliphatic rings. The zero-order valence-corrected chi connectivity index (χ0v) is 21.9. The molecule has 1 aliphatic carbocycles. The minimum absolute atomic E-state index is 0.0427. The van der Waals surface area contributed by atoms with E-state index in [9.17, 15) is 24.0 Å². The van der Waals surface area contributed by atoms with Crippen molar-refractivity contribution in [3.05, 3.63) is 42.0 Å². The molecule has 1 aromatic carbocycles. The number of amides is 4. The van der Waals surface area contributed by atoms with Crippen molar-refractivity contribution in [2.45, 2.75) is 57.5 Å². The van der Waals surface area contributed by atoms with Crippen molar-refractivity contribution in [1.29, 1.82) is 0 Å². The van der Waals surface area contributed by atoms with E-state index < -0.39 is 23.9 Å². The Morgan fingerprint density at radius 2 is 1.56 bits per heavy atom. The van der Waals surface area contributed by atoms with Crippen molar-refractivity contribution in [2.24, 2.45) is 0 Å². The zero-order valence-electron chi connectivity index (χ0n) is 21.9. The number of anilines is 1. The van der Waals surface area contributed by atoms with Crippen LogP contribution in [0.1, 0.15) is 61.7 Å². The Morgan fingerprint density at radius 1 is 0.872 bits per heavy atom. The lowest BCUT2D eigenvalue weighted by atomic mass is 10.0. The molecule has 12 heteroatoms. The molecule has 0 spiro atoms. The van der Waals surface area contributed by atoms with Gasteiger partial charge in [0.1, 0.15) is 6.10 Å². The van der Waals surface area contributed by atoms with Crippen LogP contribution in [-0.4, -0.2) is 73.9 Å². The van der Waals surface area contributed by atoms with E-state index in [2.05, 4.69) is 22.8 Å². The number of allylic oxidation sites excluding steroid dienone is 2. The highest BCUT2D eigenvalue weighted by Crippen LogP contribution is 2.17. The molecule has 4 amide bonds. The molecule has 1 fully saturated rings. The molecule has 0 aromatic heterocycles. The predicted octanol–water partition coefficient (Wildman–Crippen LogP) is 2.88. The summed E-state index contributed by atoms with van der Waals surface area (Å²) >= 11 is 0. The first-order chi connectivity index (χ1) is 18.9. The Labute approximate surface area is 226 Å². The van der Waals surface area contributed by atoms with Crippen molar-refractivity contribution in [3.8, 4) is 0 Å². The third-order valence-corrected chi connectivity index (χ3v) is 5.94. The van der Waals surface area contributed by atoms with Crippen molar-refractivity contribution in [3.63, 3.8) is 0 Å². The molecule has 0 radical (unpaired) electrons. The minimum atomic E-state index is -0.728. The lowest BCUT2D eigenvalue weighted by Gasteiger charge is -2.18. The second-order valence-corrected chi connectivity index (χ2v) is 8.99. The molecule has 212 valence electrons. The van der Waals surface area contributed by atoms with Crippen LogP contribution in [0, 0.1) is 0 Å². The highest BCUT2D eigenvalue weighted by molar-refractivity contribution is 6.01. The average molecular weight is 546 g/mol. The van der Waals surface area contributed by atoms with Crippen LogP contribution in [0.4, 0.5) is 10.5 Å². The first kappa shape index (κ1) is 29.8. The van der Waals surface area contributed by atoms with Crippen molar-refractivity contribution >= 4 is 35.5 Å². The predicted molar refractivity (Wildman–Crippen MR) is 138 cm³/mol. The van der Waals surface area contributed by atoms with Gasteiger partial charge in [0.25, 0.3) is 17.7 Å². The van der Waals surface area contributed by atoms with Gasteiger partial charge in [0.2, 0.25) is 0 Å². The van der Waals surface area contributed by atoms with Gasteiger partial charge < -0.3 is 24.4 Å². The number of hydrogen-bond donors (Lipinski definition) is 2. The van der Waals surface area contributed by atoms with Crippen LogP contribution in [0.25, 0.3) is 0 Å². The summed E-state index contributed by atoms with van der Waals surface area (Å²) in [6.45, 7) is 1.07. The molecule has 2 N–H and O–H groups in total. The maximum absolute atomic E-state index is 12.3. The van der Waals surface area contributed by atoms with Gasteiger partial charge in [-0.1, -0.05) is 12.2 Å². The molecule has 1 aliphatic heterocycles. The normalized spacial score (nSPS) is 18.2. The Morgan fingerprint density at radius 3 is 2.31 bits per heavy atom.